The summed E-state index contributed by atoms with van der Waals surface area (Å²) >= 11 is 0. The van der Waals surface area contributed by atoms with E-state index in [2.05, 4.69) is 15.0 Å². The average molecular weight is 445 g/mol. The molecule has 1 saturated heterocycles. The smallest absolute Gasteiger partial charge is 0.244 e. The fourth-order valence-corrected chi connectivity index (χ4v) is 5.07. The number of aromatic nitrogens is 2. The quantitative estimate of drug-likeness (QED) is 0.599. The number of halogens is 1. The van der Waals surface area contributed by atoms with E-state index in [9.17, 15) is 12.8 Å². The summed E-state index contributed by atoms with van der Waals surface area (Å²) in [5.41, 5.74) is 2.23. The van der Waals surface area contributed by atoms with E-state index >= 15 is 0 Å². The van der Waals surface area contributed by atoms with Gasteiger partial charge in [0.15, 0.2) is 0 Å². The van der Waals surface area contributed by atoms with Gasteiger partial charge in [-0.1, -0.05) is 22.9 Å². The molecule has 9 heteroatoms. The van der Waals surface area contributed by atoms with Gasteiger partial charge >= 0.3 is 0 Å². The number of aryl methyl sites for hydroxylation is 2. The minimum atomic E-state index is -3.51. The summed E-state index contributed by atoms with van der Waals surface area (Å²) in [6.45, 7) is 7.46. The third-order valence-corrected chi connectivity index (χ3v) is 7.61. The number of hydrogen-bond acceptors (Lipinski definition) is 6. The highest BCUT2D eigenvalue weighted by Gasteiger charge is 2.31. The van der Waals surface area contributed by atoms with Crippen LogP contribution in [0.3, 0.4) is 0 Å². The van der Waals surface area contributed by atoms with Crippen LogP contribution in [0.5, 0.6) is 0 Å². The number of sulfonamides is 1. The Morgan fingerprint density at radius 2 is 1.71 bits per heavy atom. The first-order valence-electron chi connectivity index (χ1n) is 10.2. The Morgan fingerprint density at radius 3 is 2.35 bits per heavy atom. The molecule has 1 fully saturated rings. The fourth-order valence-electron chi connectivity index (χ4n) is 3.65. The normalized spacial score (nSPS) is 17.0. The second-order valence-corrected chi connectivity index (χ2v) is 9.79. The topological polar surface area (TPSA) is 79.5 Å². The van der Waals surface area contributed by atoms with Crippen molar-refractivity contribution in [2.24, 2.45) is 0 Å². The molecule has 1 atom stereocenters. The molecule has 1 aliphatic heterocycles. The summed E-state index contributed by atoms with van der Waals surface area (Å²) in [6, 6.07) is 11.4. The van der Waals surface area contributed by atoms with Gasteiger partial charge in [-0.3, -0.25) is 4.90 Å². The summed E-state index contributed by atoms with van der Waals surface area (Å²) in [5.74, 6) is 0.580. The lowest BCUT2D eigenvalue weighted by Gasteiger charge is -2.36. The Kier molecular flexibility index (Phi) is 5.92. The van der Waals surface area contributed by atoms with Gasteiger partial charge in [-0.05, 0) is 56.7 Å². The van der Waals surface area contributed by atoms with Gasteiger partial charge in [-0.25, -0.2) is 12.8 Å². The second-order valence-electron chi connectivity index (χ2n) is 7.85. The second kappa shape index (κ2) is 8.49. The standard InChI is InChI=1S/C22H25FN4O3S/c1-15-4-7-19(8-5-15)31(28,29)27-12-10-26(11-13-27)17(3)22-24-21(25-30-22)18-6-9-20(23)16(2)14-18/h4-9,14,17H,10-13H2,1-3H3. The van der Waals surface area contributed by atoms with E-state index in [1.165, 1.54) is 10.4 Å². The summed E-state index contributed by atoms with van der Waals surface area (Å²) in [7, 11) is -3.51. The summed E-state index contributed by atoms with van der Waals surface area (Å²) < 4.78 is 46.3. The predicted octanol–water partition coefficient (Wildman–Crippen LogP) is 3.56. The molecule has 0 spiro atoms. The molecule has 1 unspecified atom stereocenters. The van der Waals surface area contributed by atoms with Crippen LogP contribution in [-0.4, -0.2) is 53.9 Å². The van der Waals surface area contributed by atoms with Crippen molar-refractivity contribution in [1.82, 2.24) is 19.3 Å². The molecule has 0 amide bonds. The van der Waals surface area contributed by atoms with Gasteiger partial charge in [0.1, 0.15) is 5.82 Å². The lowest BCUT2D eigenvalue weighted by atomic mass is 10.1. The molecule has 0 radical (unpaired) electrons. The highest BCUT2D eigenvalue weighted by Crippen LogP contribution is 2.26. The number of hydrogen-bond donors (Lipinski definition) is 0. The van der Waals surface area contributed by atoms with Gasteiger partial charge in [0.25, 0.3) is 0 Å². The third kappa shape index (κ3) is 4.39. The van der Waals surface area contributed by atoms with Crippen molar-refractivity contribution in [3.05, 3.63) is 65.3 Å². The average Bonchev–Trinajstić information content (AvgIpc) is 3.26. The van der Waals surface area contributed by atoms with Crippen LogP contribution in [0.25, 0.3) is 11.4 Å². The molecule has 0 saturated carbocycles. The molecule has 4 rings (SSSR count). The van der Waals surface area contributed by atoms with Crippen LogP contribution in [-0.2, 0) is 10.0 Å². The van der Waals surface area contributed by atoms with E-state index in [-0.39, 0.29) is 11.9 Å². The molecule has 2 heterocycles. The van der Waals surface area contributed by atoms with Gasteiger partial charge in [0.2, 0.25) is 21.7 Å². The van der Waals surface area contributed by atoms with Crippen LogP contribution in [0.1, 0.15) is 30.0 Å². The monoisotopic (exact) mass is 444 g/mol. The van der Waals surface area contributed by atoms with Gasteiger partial charge in [0.05, 0.1) is 10.9 Å². The zero-order valence-electron chi connectivity index (χ0n) is 17.7. The highest BCUT2D eigenvalue weighted by molar-refractivity contribution is 7.89. The molecule has 0 aliphatic carbocycles. The SMILES string of the molecule is Cc1ccc(S(=O)(=O)N2CCN(C(C)c3nc(-c4ccc(F)c(C)c4)no3)CC2)cc1. The molecule has 0 N–H and O–H groups in total. The minimum absolute atomic E-state index is 0.160. The number of rotatable bonds is 5. The number of piperazine rings is 1. The summed E-state index contributed by atoms with van der Waals surface area (Å²) in [6.07, 6.45) is 0. The lowest BCUT2D eigenvalue weighted by molar-refractivity contribution is 0.124. The van der Waals surface area contributed by atoms with Crippen LogP contribution < -0.4 is 0 Å². The van der Waals surface area contributed by atoms with E-state index in [0.717, 1.165) is 5.56 Å². The first-order chi connectivity index (χ1) is 14.8. The molecule has 2 aromatic carbocycles. The first-order valence-corrected chi connectivity index (χ1v) is 11.6. The van der Waals surface area contributed by atoms with Crippen LogP contribution >= 0.6 is 0 Å². The van der Waals surface area contributed by atoms with E-state index in [0.29, 0.717) is 53.9 Å². The Bertz CT molecular complexity index is 1170. The fraction of sp³-hybridized carbons (Fsp3) is 0.364. The first kappa shape index (κ1) is 21.6. The van der Waals surface area contributed by atoms with Crippen molar-refractivity contribution >= 4 is 10.0 Å². The van der Waals surface area contributed by atoms with Gasteiger partial charge in [-0.2, -0.15) is 9.29 Å². The van der Waals surface area contributed by atoms with E-state index in [1.54, 1.807) is 43.3 Å². The van der Waals surface area contributed by atoms with E-state index in [4.69, 9.17) is 4.52 Å². The van der Waals surface area contributed by atoms with Crippen molar-refractivity contribution < 1.29 is 17.3 Å². The zero-order valence-corrected chi connectivity index (χ0v) is 18.6. The van der Waals surface area contributed by atoms with Crippen LogP contribution in [0.15, 0.2) is 51.9 Å². The summed E-state index contributed by atoms with van der Waals surface area (Å²) in [5, 5.41) is 4.03. The van der Waals surface area contributed by atoms with Crippen molar-refractivity contribution in [2.75, 3.05) is 26.2 Å². The van der Waals surface area contributed by atoms with Gasteiger partial charge < -0.3 is 4.52 Å². The number of nitrogens with zero attached hydrogens (tertiary/aromatic N) is 4. The van der Waals surface area contributed by atoms with E-state index in [1.807, 2.05) is 13.8 Å². The van der Waals surface area contributed by atoms with Crippen molar-refractivity contribution in [1.29, 1.82) is 0 Å². The molecule has 164 valence electrons. The molecule has 31 heavy (non-hydrogen) atoms. The van der Waals surface area contributed by atoms with Crippen molar-refractivity contribution in [2.45, 2.75) is 31.7 Å². The number of benzene rings is 2. The Hall–Kier alpha value is -2.62. The largest absolute Gasteiger partial charge is 0.337 e. The molecule has 1 aliphatic rings. The van der Waals surface area contributed by atoms with E-state index < -0.39 is 10.0 Å². The third-order valence-electron chi connectivity index (χ3n) is 5.69. The van der Waals surface area contributed by atoms with Crippen LogP contribution in [0.4, 0.5) is 4.39 Å². The molecule has 3 aromatic rings. The molecule has 1 aromatic heterocycles. The maximum Gasteiger partial charge on any atom is 0.244 e. The molecular formula is C22H25FN4O3S. The predicted molar refractivity (Wildman–Crippen MR) is 114 cm³/mol. The maximum absolute atomic E-state index is 13.5. The lowest BCUT2D eigenvalue weighted by Crippen LogP contribution is -2.49. The van der Waals surface area contributed by atoms with Gasteiger partial charge in [0, 0.05) is 31.7 Å². The molecule has 7 nitrogen and oxygen atoms in total. The van der Waals surface area contributed by atoms with Crippen molar-refractivity contribution in [3.8, 4) is 11.4 Å². The molecular weight excluding hydrogens is 419 g/mol. The highest BCUT2D eigenvalue weighted by atomic mass is 32.2. The summed E-state index contributed by atoms with van der Waals surface area (Å²) in [4.78, 5) is 6.91. The zero-order chi connectivity index (χ0) is 22.2. The van der Waals surface area contributed by atoms with Crippen molar-refractivity contribution in [3.63, 3.8) is 0 Å². The minimum Gasteiger partial charge on any atom is -0.337 e. The molecule has 0 bridgehead atoms. The van der Waals surface area contributed by atoms with Crippen LogP contribution in [0, 0.1) is 19.7 Å². The van der Waals surface area contributed by atoms with Crippen LogP contribution in [0.2, 0.25) is 0 Å². The van der Waals surface area contributed by atoms with Gasteiger partial charge in [-0.15, -0.1) is 0 Å². The maximum atomic E-state index is 13.5. The Balaban J connectivity index is 1.42. The Labute approximate surface area is 181 Å². The Morgan fingerprint density at radius 1 is 1.03 bits per heavy atom.